The second-order valence-corrected chi connectivity index (χ2v) is 4.36. The zero-order valence-electron chi connectivity index (χ0n) is 10.3. The minimum absolute atomic E-state index is 0.184. The number of carboxylic acid groups (broad SMARTS) is 1. The van der Waals surface area contributed by atoms with Gasteiger partial charge < -0.3 is 5.11 Å². The van der Waals surface area contributed by atoms with Crippen molar-refractivity contribution in [2.45, 2.75) is 6.04 Å². The third-order valence-corrected chi connectivity index (χ3v) is 3.09. The zero-order chi connectivity index (χ0) is 14.1. The van der Waals surface area contributed by atoms with E-state index < -0.39 is 6.09 Å². The molecule has 2 heterocycles. The maximum absolute atomic E-state index is 13.0. The Morgan fingerprint density at radius 3 is 2.70 bits per heavy atom. The Morgan fingerprint density at radius 2 is 2.10 bits per heavy atom. The summed E-state index contributed by atoms with van der Waals surface area (Å²) in [4.78, 5) is 11.1. The topological polar surface area (TPSA) is 70.7 Å². The van der Waals surface area contributed by atoms with Crippen molar-refractivity contribution in [2.24, 2.45) is 5.10 Å². The number of aromatic nitrogens is 2. The normalized spacial score (nSPS) is 18.1. The van der Waals surface area contributed by atoms with Crippen molar-refractivity contribution in [1.82, 2.24) is 14.8 Å². The van der Waals surface area contributed by atoms with Crippen LogP contribution in [0.2, 0.25) is 0 Å². The zero-order valence-corrected chi connectivity index (χ0v) is 10.3. The van der Waals surface area contributed by atoms with Gasteiger partial charge in [0, 0.05) is 18.0 Å². The number of hydrazone groups is 1. The van der Waals surface area contributed by atoms with Crippen LogP contribution in [0.25, 0.3) is 0 Å². The van der Waals surface area contributed by atoms with E-state index >= 15 is 0 Å². The number of nitrogens with zero attached hydrogens (tertiary/aromatic N) is 4. The first kappa shape index (κ1) is 12.3. The van der Waals surface area contributed by atoms with Crippen molar-refractivity contribution in [1.29, 1.82) is 0 Å². The molecule has 3 rings (SSSR count). The van der Waals surface area contributed by atoms with Crippen LogP contribution in [0.5, 0.6) is 0 Å². The molecule has 0 bridgehead atoms. The van der Waals surface area contributed by atoms with Crippen molar-refractivity contribution in [3.8, 4) is 0 Å². The molecule has 7 heteroatoms. The average molecular weight is 274 g/mol. The quantitative estimate of drug-likeness (QED) is 0.910. The fourth-order valence-electron chi connectivity index (χ4n) is 2.15. The van der Waals surface area contributed by atoms with Gasteiger partial charge in [0.25, 0.3) is 0 Å². The maximum Gasteiger partial charge on any atom is 0.428 e. The fraction of sp³-hybridized carbons (Fsp3) is 0.154. The lowest BCUT2D eigenvalue weighted by Gasteiger charge is -2.13. The van der Waals surface area contributed by atoms with Crippen LogP contribution in [0.15, 0.2) is 47.8 Å². The molecule has 0 saturated heterocycles. The first-order valence-corrected chi connectivity index (χ1v) is 5.99. The Balaban J connectivity index is 2.00. The van der Waals surface area contributed by atoms with Gasteiger partial charge in [0.05, 0.1) is 12.3 Å². The summed E-state index contributed by atoms with van der Waals surface area (Å²) in [6.45, 7) is 0.184. The van der Waals surface area contributed by atoms with Crippen molar-refractivity contribution in [3.05, 3.63) is 54.1 Å². The molecule has 2 aromatic rings. The molecular formula is C13H11FN4O2. The molecule has 1 aromatic carbocycles. The third kappa shape index (κ3) is 2.13. The summed E-state index contributed by atoms with van der Waals surface area (Å²) < 4.78 is 14.6. The number of rotatable bonds is 2. The number of amides is 1. The molecule has 1 aliphatic heterocycles. The van der Waals surface area contributed by atoms with E-state index in [0.29, 0.717) is 11.3 Å². The highest BCUT2D eigenvalue weighted by Gasteiger charge is 2.32. The van der Waals surface area contributed by atoms with Crippen molar-refractivity contribution >= 4 is 11.8 Å². The number of hydrogen-bond donors (Lipinski definition) is 1. The summed E-state index contributed by atoms with van der Waals surface area (Å²) >= 11 is 0. The van der Waals surface area contributed by atoms with Gasteiger partial charge in [0.1, 0.15) is 11.9 Å². The lowest BCUT2D eigenvalue weighted by Crippen LogP contribution is -2.27. The van der Waals surface area contributed by atoms with Gasteiger partial charge >= 0.3 is 6.09 Å². The van der Waals surface area contributed by atoms with Crippen LogP contribution in [0, 0.1) is 5.82 Å². The van der Waals surface area contributed by atoms with Crippen LogP contribution in [-0.2, 0) is 0 Å². The molecule has 0 spiro atoms. The van der Waals surface area contributed by atoms with E-state index in [0.717, 1.165) is 5.01 Å². The van der Waals surface area contributed by atoms with Gasteiger partial charge in [-0.1, -0.05) is 12.1 Å². The summed E-state index contributed by atoms with van der Waals surface area (Å²) in [5.41, 5.74) is 1.23. The van der Waals surface area contributed by atoms with Crippen molar-refractivity contribution in [2.75, 3.05) is 6.54 Å². The Kier molecular flexibility index (Phi) is 2.94. The van der Waals surface area contributed by atoms with Gasteiger partial charge in [0.15, 0.2) is 0 Å². The molecule has 6 nitrogen and oxygen atoms in total. The number of carbonyl (C=O) groups is 1. The molecule has 20 heavy (non-hydrogen) atoms. The number of benzene rings is 1. The average Bonchev–Trinajstić information content (AvgIpc) is 3.08. The van der Waals surface area contributed by atoms with Crippen LogP contribution in [0.1, 0.15) is 11.6 Å². The fourth-order valence-corrected chi connectivity index (χ4v) is 2.15. The highest BCUT2D eigenvalue weighted by atomic mass is 19.1. The Hall–Kier alpha value is -2.70. The van der Waals surface area contributed by atoms with Gasteiger partial charge in [-0.15, -0.1) is 0 Å². The molecule has 0 saturated carbocycles. The summed E-state index contributed by atoms with van der Waals surface area (Å²) in [5, 5.41) is 18.2. The number of halogens is 1. The predicted molar refractivity (Wildman–Crippen MR) is 68.9 cm³/mol. The van der Waals surface area contributed by atoms with E-state index in [-0.39, 0.29) is 18.4 Å². The number of hydrogen-bond acceptors (Lipinski definition) is 3. The molecule has 1 unspecified atom stereocenters. The molecule has 1 atom stereocenters. The second kappa shape index (κ2) is 4.76. The lowest BCUT2D eigenvalue weighted by atomic mass is 10.0. The van der Waals surface area contributed by atoms with Gasteiger partial charge in [-0.3, -0.25) is 4.68 Å². The van der Waals surface area contributed by atoms with Crippen molar-refractivity contribution in [3.63, 3.8) is 0 Å². The largest absolute Gasteiger partial charge is 0.464 e. The molecule has 1 aromatic heterocycles. The second-order valence-electron chi connectivity index (χ2n) is 4.36. The van der Waals surface area contributed by atoms with E-state index in [1.807, 2.05) is 0 Å². The van der Waals surface area contributed by atoms with E-state index in [1.165, 1.54) is 12.1 Å². The smallest absolute Gasteiger partial charge is 0.428 e. The van der Waals surface area contributed by atoms with Crippen LogP contribution in [0.4, 0.5) is 9.18 Å². The van der Waals surface area contributed by atoms with Crippen molar-refractivity contribution < 1.29 is 14.3 Å². The Bertz CT molecular complexity index is 652. The summed E-state index contributed by atoms with van der Waals surface area (Å²) in [7, 11) is 0. The maximum atomic E-state index is 13.0. The predicted octanol–water partition coefficient (Wildman–Crippen LogP) is 1.96. The molecule has 0 fully saturated rings. The van der Waals surface area contributed by atoms with Gasteiger partial charge in [-0.2, -0.15) is 15.2 Å². The Labute approximate surface area is 113 Å². The summed E-state index contributed by atoms with van der Waals surface area (Å²) in [6, 6.07) is 7.24. The minimum Gasteiger partial charge on any atom is -0.464 e. The van der Waals surface area contributed by atoms with Crippen LogP contribution < -0.4 is 0 Å². The van der Waals surface area contributed by atoms with Gasteiger partial charge in [-0.05, 0) is 18.2 Å². The van der Waals surface area contributed by atoms with E-state index in [2.05, 4.69) is 10.2 Å². The summed E-state index contributed by atoms with van der Waals surface area (Å²) in [5.74, 6) is -0.349. The minimum atomic E-state index is -1.13. The highest BCUT2D eigenvalue weighted by molar-refractivity contribution is 6.05. The van der Waals surface area contributed by atoms with Crippen LogP contribution in [-0.4, -0.2) is 38.2 Å². The molecule has 102 valence electrons. The highest BCUT2D eigenvalue weighted by Crippen LogP contribution is 2.23. The molecule has 0 radical (unpaired) electrons. The van der Waals surface area contributed by atoms with Crippen LogP contribution >= 0.6 is 0 Å². The SMILES string of the molecule is O=C(O)N1CC(n2cccn2)C(c2ccc(F)cc2)=N1. The van der Waals surface area contributed by atoms with E-state index in [4.69, 9.17) is 5.11 Å². The van der Waals surface area contributed by atoms with E-state index in [9.17, 15) is 9.18 Å². The lowest BCUT2D eigenvalue weighted by molar-refractivity contribution is 0.148. The first-order valence-electron chi connectivity index (χ1n) is 5.99. The molecule has 1 aliphatic rings. The monoisotopic (exact) mass is 274 g/mol. The van der Waals surface area contributed by atoms with Crippen LogP contribution in [0.3, 0.4) is 0 Å². The van der Waals surface area contributed by atoms with Gasteiger partial charge in [0.2, 0.25) is 0 Å². The third-order valence-electron chi connectivity index (χ3n) is 3.09. The molecule has 1 amide bonds. The van der Waals surface area contributed by atoms with E-state index in [1.54, 1.807) is 35.3 Å². The van der Waals surface area contributed by atoms with Gasteiger partial charge in [-0.25, -0.2) is 9.18 Å². The first-order chi connectivity index (χ1) is 9.65. The molecular weight excluding hydrogens is 263 g/mol. The Morgan fingerprint density at radius 1 is 1.35 bits per heavy atom. The molecule has 1 N–H and O–H groups in total. The summed E-state index contributed by atoms with van der Waals surface area (Å²) in [6.07, 6.45) is 2.24. The molecule has 0 aliphatic carbocycles. The standard InChI is InChI=1S/C13H11FN4O2/c14-10-4-2-9(3-5-10)12-11(17-7-1-6-15-17)8-18(16-12)13(19)20/h1-7,11H,8H2,(H,19,20).